The van der Waals surface area contributed by atoms with Crippen LogP contribution in [-0.4, -0.2) is 5.78 Å². The predicted octanol–water partition coefficient (Wildman–Crippen LogP) is 3.63. The lowest BCUT2D eigenvalue weighted by molar-refractivity contribution is 0.104. The van der Waals surface area contributed by atoms with Gasteiger partial charge in [-0.05, 0) is 23.3 Å². The number of ketones is 1. The van der Waals surface area contributed by atoms with E-state index in [0.29, 0.717) is 5.69 Å². The van der Waals surface area contributed by atoms with E-state index in [1.807, 2.05) is 48.5 Å². The van der Waals surface area contributed by atoms with Gasteiger partial charge in [0.05, 0.1) is 0 Å². The van der Waals surface area contributed by atoms with Gasteiger partial charge in [-0.25, -0.2) is 0 Å². The fourth-order valence-electron chi connectivity index (χ4n) is 2.90. The van der Waals surface area contributed by atoms with Gasteiger partial charge in [-0.3, -0.25) is 4.79 Å². The molecule has 0 unspecified atom stereocenters. The minimum Gasteiger partial charge on any atom is -0.398 e. The molecule has 0 bridgehead atoms. The zero-order valence-corrected chi connectivity index (χ0v) is 10.2. The Hall–Kier alpha value is -2.61. The van der Waals surface area contributed by atoms with Gasteiger partial charge < -0.3 is 5.73 Å². The van der Waals surface area contributed by atoms with Gasteiger partial charge in [-0.1, -0.05) is 42.5 Å². The molecule has 0 atom stereocenters. The molecule has 1 aliphatic rings. The van der Waals surface area contributed by atoms with E-state index in [9.17, 15) is 4.79 Å². The van der Waals surface area contributed by atoms with Crippen LogP contribution in [0.3, 0.4) is 0 Å². The van der Waals surface area contributed by atoms with Gasteiger partial charge in [-0.15, -0.1) is 0 Å². The molecular formula is C17H11NO. The highest BCUT2D eigenvalue weighted by Crippen LogP contribution is 2.40. The Morgan fingerprint density at radius 3 is 2.26 bits per heavy atom. The number of benzene rings is 3. The topological polar surface area (TPSA) is 43.1 Å². The van der Waals surface area contributed by atoms with Crippen molar-refractivity contribution < 1.29 is 4.79 Å². The first-order valence-electron chi connectivity index (χ1n) is 6.22. The highest BCUT2D eigenvalue weighted by atomic mass is 16.1. The number of carbonyl (C=O) groups excluding carboxylic acids is 1. The van der Waals surface area contributed by atoms with Crippen LogP contribution in [0.25, 0.3) is 21.9 Å². The molecule has 0 radical (unpaired) electrons. The maximum absolute atomic E-state index is 12.6. The first-order chi connectivity index (χ1) is 9.27. The summed E-state index contributed by atoms with van der Waals surface area (Å²) in [7, 11) is 0. The molecule has 0 saturated heterocycles. The molecule has 0 aromatic heterocycles. The van der Waals surface area contributed by atoms with Gasteiger partial charge in [0.2, 0.25) is 0 Å². The molecule has 0 amide bonds. The van der Waals surface area contributed by atoms with Crippen LogP contribution in [0, 0.1) is 0 Å². The lowest BCUT2D eigenvalue weighted by atomic mass is 9.82. The Kier molecular flexibility index (Phi) is 1.88. The summed E-state index contributed by atoms with van der Waals surface area (Å²) in [5.74, 6) is 0.0827. The number of nitrogen functional groups attached to an aromatic ring is 1. The largest absolute Gasteiger partial charge is 0.398 e. The second-order valence-electron chi connectivity index (χ2n) is 4.81. The summed E-state index contributed by atoms with van der Waals surface area (Å²) in [6, 6.07) is 17.4. The molecule has 0 spiro atoms. The summed E-state index contributed by atoms with van der Waals surface area (Å²) in [4.78, 5) is 12.6. The molecule has 0 heterocycles. The average molecular weight is 245 g/mol. The highest BCUT2D eigenvalue weighted by Gasteiger charge is 2.24. The second-order valence-corrected chi connectivity index (χ2v) is 4.81. The summed E-state index contributed by atoms with van der Waals surface area (Å²) in [5, 5.41) is 1.93. The molecule has 1 aliphatic carbocycles. The molecule has 0 saturated carbocycles. The van der Waals surface area contributed by atoms with Crippen LogP contribution >= 0.6 is 0 Å². The van der Waals surface area contributed by atoms with Gasteiger partial charge >= 0.3 is 0 Å². The molecule has 4 rings (SSSR count). The molecule has 3 aromatic rings. The van der Waals surface area contributed by atoms with E-state index in [4.69, 9.17) is 5.73 Å². The van der Waals surface area contributed by atoms with Gasteiger partial charge in [-0.2, -0.15) is 0 Å². The molecule has 2 heteroatoms. The predicted molar refractivity (Wildman–Crippen MR) is 77.2 cm³/mol. The van der Waals surface area contributed by atoms with E-state index in [1.165, 1.54) is 0 Å². The van der Waals surface area contributed by atoms with E-state index in [2.05, 4.69) is 6.07 Å². The Labute approximate surface area is 110 Å². The molecule has 2 N–H and O–H groups in total. The fourth-order valence-corrected chi connectivity index (χ4v) is 2.90. The number of anilines is 1. The Bertz CT molecular complexity index is 849. The summed E-state index contributed by atoms with van der Waals surface area (Å²) >= 11 is 0. The molecular weight excluding hydrogens is 234 g/mol. The van der Waals surface area contributed by atoms with Crippen LogP contribution in [0.4, 0.5) is 5.69 Å². The lowest BCUT2D eigenvalue weighted by Crippen LogP contribution is -2.10. The molecule has 0 fully saturated rings. The zero-order valence-electron chi connectivity index (χ0n) is 10.2. The third-order valence-electron chi connectivity index (χ3n) is 3.78. The normalized spacial score (nSPS) is 12.5. The monoisotopic (exact) mass is 245 g/mol. The number of fused-ring (bicyclic) bond motifs is 2. The Morgan fingerprint density at radius 2 is 1.42 bits per heavy atom. The van der Waals surface area contributed by atoms with Crippen LogP contribution in [0.15, 0.2) is 54.6 Å². The molecule has 0 aliphatic heterocycles. The van der Waals surface area contributed by atoms with Crippen molar-refractivity contribution in [2.45, 2.75) is 0 Å². The van der Waals surface area contributed by atoms with E-state index < -0.39 is 0 Å². The molecule has 3 aromatic carbocycles. The number of nitrogens with two attached hydrogens (primary N) is 1. The fraction of sp³-hybridized carbons (Fsp3) is 0. The van der Waals surface area contributed by atoms with E-state index in [-0.39, 0.29) is 5.78 Å². The van der Waals surface area contributed by atoms with Crippen molar-refractivity contribution in [1.82, 2.24) is 0 Å². The molecule has 2 nitrogen and oxygen atoms in total. The van der Waals surface area contributed by atoms with E-state index in [0.717, 1.165) is 33.0 Å². The Balaban J connectivity index is 2.28. The number of hydrogen-bond acceptors (Lipinski definition) is 2. The highest BCUT2D eigenvalue weighted by molar-refractivity contribution is 6.27. The van der Waals surface area contributed by atoms with Crippen molar-refractivity contribution in [3.05, 3.63) is 65.7 Å². The number of hydrogen-bond donors (Lipinski definition) is 1. The SMILES string of the molecule is Nc1ccc2c3c(cccc13)-c1ccccc1C2=O. The zero-order chi connectivity index (χ0) is 13.0. The van der Waals surface area contributed by atoms with E-state index in [1.54, 1.807) is 0 Å². The smallest absolute Gasteiger partial charge is 0.194 e. The van der Waals surface area contributed by atoms with Crippen molar-refractivity contribution in [2.24, 2.45) is 0 Å². The molecule has 90 valence electrons. The Morgan fingerprint density at radius 1 is 0.684 bits per heavy atom. The van der Waals surface area contributed by atoms with Crippen molar-refractivity contribution in [3.8, 4) is 11.1 Å². The van der Waals surface area contributed by atoms with Gasteiger partial charge in [0.25, 0.3) is 0 Å². The number of rotatable bonds is 0. The summed E-state index contributed by atoms with van der Waals surface area (Å²) < 4.78 is 0. The van der Waals surface area contributed by atoms with Crippen molar-refractivity contribution >= 4 is 22.2 Å². The quantitative estimate of drug-likeness (QED) is 0.481. The van der Waals surface area contributed by atoms with Gasteiger partial charge in [0.1, 0.15) is 0 Å². The minimum absolute atomic E-state index is 0.0827. The average Bonchev–Trinajstić information content (AvgIpc) is 2.46. The van der Waals surface area contributed by atoms with Crippen LogP contribution in [0.2, 0.25) is 0 Å². The van der Waals surface area contributed by atoms with Crippen molar-refractivity contribution in [2.75, 3.05) is 5.73 Å². The lowest BCUT2D eigenvalue weighted by Gasteiger charge is -2.20. The first-order valence-corrected chi connectivity index (χ1v) is 6.22. The second kappa shape index (κ2) is 3.45. The third-order valence-corrected chi connectivity index (χ3v) is 3.78. The summed E-state index contributed by atoms with van der Waals surface area (Å²) in [5.41, 5.74) is 10.4. The van der Waals surface area contributed by atoms with Crippen LogP contribution in [-0.2, 0) is 0 Å². The maximum atomic E-state index is 12.6. The van der Waals surface area contributed by atoms with Crippen LogP contribution < -0.4 is 5.73 Å². The molecule has 19 heavy (non-hydrogen) atoms. The first kappa shape index (κ1) is 10.3. The van der Waals surface area contributed by atoms with Gasteiger partial charge in [0, 0.05) is 27.6 Å². The number of carbonyl (C=O) groups is 1. The standard InChI is InChI=1S/C17H11NO/c18-15-9-8-14-16-11(6-3-7-13(15)16)10-4-1-2-5-12(10)17(14)19/h1-9H,18H2. The van der Waals surface area contributed by atoms with Crippen LogP contribution in [0.1, 0.15) is 15.9 Å². The van der Waals surface area contributed by atoms with Gasteiger partial charge in [0.15, 0.2) is 5.78 Å². The van der Waals surface area contributed by atoms with Crippen molar-refractivity contribution in [1.29, 1.82) is 0 Å². The third kappa shape index (κ3) is 1.23. The maximum Gasteiger partial charge on any atom is 0.194 e. The van der Waals surface area contributed by atoms with Crippen LogP contribution in [0.5, 0.6) is 0 Å². The van der Waals surface area contributed by atoms with Crippen molar-refractivity contribution in [3.63, 3.8) is 0 Å². The minimum atomic E-state index is 0.0827. The van der Waals surface area contributed by atoms with E-state index >= 15 is 0 Å². The summed E-state index contributed by atoms with van der Waals surface area (Å²) in [6.07, 6.45) is 0. The summed E-state index contributed by atoms with van der Waals surface area (Å²) in [6.45, 7) is 0.